The summed E-state index contributed by atoms with van der Waals surface area (Å²) in [6, 6.07) is 25.5. The summed E-state index contributed by atoms with van der Waals surface area (Å²) in [6.07, 6.45) is 11.4. The highest BCUT2D eigenvalue weighted by Crippen LogP contribution is 2.57. The van der Waals surface area contributed by atoms with Crippen molar-refractivity contribution in [3.8, 4) is 39.9 Å². The molecule has 5 aromatic carbocycles. The summed E-state index contributed by atoms with van der Waals surface area (Å²) in [5.41, 5.74) is 5.92. The zero-order valence-electron chi connectivity index (χ0n) is 22.9. The Morgan fingerprint density at radius 2 is 1.12 bits per heavy atom. The Kier molecular flexibility index (Phi) is 6.93. The van der Waals surface area contributed by atoms with Gasteiger partial charge in [0, 0.05) is 5.56 Å². The molecule has 0 aromatic heterocycles. The van der Waals surface area contributed by atoms with Crippen LogP contribution in [0, 0.1) is 0 Å². The van der Waals surface area contributed by atoms with E-state index in [1.807, 2.05) is 66.7 Å². The molecule has 0 radical (unpaired) electrons. The molecular formula is C37H30O5. The third-order valence-electron chi connectivity index (χ3n) is 7.97. The number of phenols is 5. The molecular weight excluding hydrogens is 524 g/mol. The molecule has 6 rings (SSSR count). The summed E-state index contributed by atoms with van der Waals surface area (Å²) in [5, 5.41) is 55.2. The molecule has 0 bridgehead atoms. The fourth-order valence-electron chi connectivity index (χ4n) is 5.87. The predicted octanol–water partition coefficient (Wildman–Crippen LogP) is 8.95. The smallest absolute Gasteiger partial charge is 0.208 e. The molecule has 0 fully saturated rings. The standard InChI is InChI=1S/C37H30O5/c1-22(10-9-11-23-18-20-25(21-19-23)24-12-3-2-4-13-24)30-26-14-5-7-16-28(26)31(29-17-8-6-15-27(29)30)32-33(38)35(40)37(42)36(41)34(32)39/h2-17,20,38-42H,1,18-19,21H2/b10-9-,23-11+. The third-order valence-corrected chi connectivity index (χ3v) is 7.97. The van der Waals surface area contributed by atoms with Crippen LogP contribution in [0.25, 0.3) is 43.8 Å². The highest BCUT2D eigenvalue weighted by molar-refractivity contribution is 6.20. The molecule has 0 aliphatic heterocycles. The number of hydrogen-bond acceptors (Lipinski definition) is 5. The molecule has 5 heteroatoms. The minimum absolute atomic E-state index is 0.173. The molecule has 0 unspecified atom stereocenters. The molecule has 0 saturated heterocycles. The lowest BCUT2D eigenvalue weighted by Crippen LogP contribution is -1.95. The van der Waals surface area contributed by atoms with Crippen LogP contribution in [0.1, 0.15) is 30.4 Å². The Hall–Kier alpha value is -5.42. The fourth-order valence-corrected chi connectivity index (χ4v) is 5.87. The third kappa shape index (κ3) is 4.55. The van der Waals surface area contributed by atoms with E-state index < -0.39 is 28.7 Å². The van der Waals surface area contributed by atoms with E-state index in [0.717, 1.165) is 41.2 Å². The van der Waals surface area contributed by atoms with Crippen LogP contribution in [0.5, 0.6) is 28.7 Å². The van der Waals surface area contributed by atoms with Crippen LogP contribution in [0.15, 0.2) is 115 Å². The Balaban J connectivity index is 1.43. The molecule has 42 heavy (non-hydrogen) atoms. The number of rotatable bonds is 5. The van der Waals surface area contributed by atoms with Gasteiger partial charge in [0.2, 0.25) is 17.2 Å². The zero-order chi connectivity index (χ0) is 29.4. The van der Waals surface area contributed by atoms with Gasteiger partial charge in [-0.25, -0.2) is 0 Å². The molecule has 5 N–H and O–H groups in total. The Labute approximate surface area is 243 Å². The number of aromatic hydroxyl groups is 5. The van der Waals surface area contributed by atoms with E-state index in [4.69, 9.17) is 0 Å². The average molecular weight is 555 g/mol. The summed E-state index contributed by atoms with van der Waals surface area (Å²) in [7, 11) is 0. The van der Waals surface area contributed by atoms with Gasteiger partial charge in [0.15, 0.2) is 11.5 Å². The van der Waals surface area contributed by atoms with Crippen molar-refractivity contribution in [2.75, 3.05) is 0 Å². The highest BCUT2D eigenvalue weighted by Gasteiger charge is 2.27. The van der Waals surface area contributed by atoms with Gasteiger partial charge in [0.25, 0.3) is 0 Å². The lowest BCUT2D eigenvalue weighted by molar-refractivity contribution is 0.330. The first-order valence-corrected chi connectivity index (χ1v) is 13.8. The van der Waals surface area contributed by atoms with Crippen molar-refractivity contribution in [1.29, 1.82) is 0 Å². The van der Waals surface area contributed by atoms with E-state index in [0.29, 0.717) is 16.3 Å². The number of hydrogen-bond donors (Lipinski definition) is 5. The maximum atomic E-state index is 10.8. The van der Waals surface area contributed by atoms with Crippen LogP contribution in [-0.4, -0.2) is 25.5 Å². The molecule has 0 amide bonds. The number of phenolic OH excluding ortho intramolecular Hbond substituents is 5. The second-order valence-electron chi connectivity index (χ2n) is 10.5. The molecule has 0 spiro atoms. The van der Waals surface area contributed by atoms with Gasteiger partial charge in [0.05, 0.1) is 5.56 Å². The predicted molar refractivity (Wildman–Crippen MR) is 170 cm³/mol. The van der Waals surface area contributed by atoms with Crippen LogP contribution >= 0.6 is 0 Å². The van der Waals surface area contributed by atoms with Gasteiger partial charge in [0.1, 0.15) is 0 Å². The minimum Gasteiger partial charge on any atom is -0.504 e. The normalized spacial score (nSPS) is 14.6. The topological polar surface area (TPSA) is 101 Å². The van der Waals surface area contributed by atoms with Crippen LogP contribution in [-0.2, 0) is 0 Å². The first-order chi connectivity index (χ1) is 20.4. The summed E-state index contributed by atoms with van der Waals surface area (Å²) >= 11 is 0. The summed E-state index contributed by atoms with van der Waals surface area (Å²) < 4.78 is 0. The molecule has 5 aromatic rings. The Morgan fingerprint density at radius 3 is 1.67 bits per heavy atom. The van der Waals surface area contributed by atoms with Crippen molar-refractivity contribution in [2.24, 2.45) is 0 Å². The highest BCUT2D eigenvalue weighted by atomic mass is 16.4. The summed E-state index contributed by atoms with van der Waals surface area (Å²) in [6.45, 7) is 4.40. The molecule has 5 nitrogen and oxygen atoms in total. The molecule has 0 saturated carbocycles. The van der Waals surface area contributed by atoms with Gasteiger partial charge in [-0.05, 0) is 63.1 Å². The summed E-state index contributed by atoms with van der Waals surface area (Å²) in [5.74, 6) is -4.27. The van der Waals surface area contributed by atoms with Gasteiger partial charge in [-0.1, -0.05) is 115 Å². The maximum absolute atomic E-state index is 10.8. The van der Waals surface area contributed by atoms with E-state index >= 15 is 0 Å². The van der Waals surface area contributed by atoms with E-state index in [1.54, 1.807) is 0 Å². The van der Waals surface area contributed by atoms with E-state index in [-0.39, 0.29) is 5.56 Å². The molecule has 0 atom stereocenters. The van der Waals surface area contributed by atoms with Crippen LogP contribution in [0.3, 0.4) is 0 Å². The average Bonchev–Trinajstić information content (AvgIpc) is 3.03. The van der Waals surface area contributed by atoms with Gasteiger partial charge < -0.3 is 25.5 Å². The van der Waals surface area contributed by atoms with E-state index in [9.17, 15) is 25.5 Å². The van der Waals surface area contributed by atoms with Crippen molar-refractivity contribution < 1.29 is 25.5 Å². The number of benzene rings is 5. The lowest BCUT2D eigenvalue weighted by Gasteiger charge is -2.20. The van der Waals surface area contributed by atoms with E-state index in [1.165, 1.54) is 16.7 Å². The van der Waals surface area contributed by atoms with Crippen molar-refractivity contribution in [3.63, 3.8) is 0 Å². The number of allylic oxidation sites excluding steroid dienone is 7. The van der Waals surface area contributed by atoms with Crippen molar-refractivity contribution in [2.45, 2.75) is 19.3 Å². The van der Waals surface area contributed by atoms with Crippen LogP contribution in [0.2, 0.25) is 0 Å². The van der Waals surface area contributed by atoms with Crippen LogP contribution < -0.4 is 0 Å². The van der Waals surface area contributed by atoms with Gasteiger partial charge in [-0.3, -0.25) is 0 Å². The number of fused-ring (bicyclic) bond motifs is 2. The molecule has 208 valence electrons. The summed E-state index contributed by atoms with van der Waals surface area (Å²) in [4.78, 5) is 0. The maximum Gasteiger partial charge on any atom is 0.208 e. The Morgan fingerprint density at radius 1 is 0.595 bits per heavy atom. The quantitative estimate of drug-likeness (QED) is 0.0646. The van der Waals surface area contributed by atoms with Crippen LogP contribution in [0.4, 0.5) is 0 Å². The van der Waals surface area contributed by atoms with E-state index in [2.05, 4.69) is 43.0 Å². The molecule has 1 aliphatic carbocycles. The van der Waals surface area contributed by atoms with Gasteiger partial charge in [-0.2, -0.15) is 0 Å². The fraction of sp³-hybridized carbons (Fsp3) is 0.0811. The van der Waals surface area contributed by atoms with Crippen molar-refractivity contribution in [1.82, 2.24) is 0 Å². The van der Waals surface area contributed by atoms with Crippen molar-refractivity contribution in [3.05, 3.63) is 126 Å². The molecule has 1 aliphatic rings. The lowest BCUT2D eigenvalue weighted by atomic mass is 9.85. The largest absolute Gasteiger partial charge is 0.504 e. The van der Waals surface area contributed by atoms with Crippen molar-refractivity contribution >= 4 is 32.7 Å². The minimum atomic E-state index is -0.989. The molecule has 0 heterocycles. The first-order valence-electron chi connectivity index (χ1n) is 13.8. The zero-order valence-corrected chi connectivity index (χ0v) is 22.9. The van der Waals surface area contributed by atoms with Gasteiger partial charge >= 0.3 is 0 Å². The van der Waals surface area contributed by atoms with Gasteiger partial charge in [-0.15, -0.1) is 0 Å². The second-order valence-corrected chi connectivity index (χ2v) is 10.5. The monoisotopic (exact) mass is 554 g/mol. The Bertz CT molecular complexity index is 1880. The SMILES string of the molecule is C=C(/C=C\C=C1/CC=C(c2ccccc2)CC1)c1c2ccccc2c(-c2c(O)c(O)c(O)c(O)c2O)c2ccccc12. The second kappa shape index (κ2) is 10.9. The first kappa shape index (κ1) is 26.8.